The standard InChI is InChI=1S/C28H28N2O6S2/c1-19-9-13-25(14-10-19)37(33,34)29-27(21-5-3-7-23(31)17-21)28(22-6-4-8-24(32)18-22)30-38(35,36)26-15-11-20(2)12-16-26/h3-18,27-32H,1-2H3/t27-,28-/m1/s1. The van der Waals surface area contributed by atoms with Crippen LogP contribution in [0.15, 0.2) is 107 Å². The first-order chi connectivity index (χ1) is 17.9. The number of aryl methyl sites for hydroxylation is 2. The van der Waals surface area contributed by atoms with Crippen molar-refractivity contribution < 1.29 is 27.0 Å². The van der Waals surface area contributed by atoms with Crippen molar-refractivity contribution in [3.63, 3.8) is 0 Å². The zero-order chi connectivity index (χ0) is 27.5. The van der Waals surface area contributed by atoms with Crippen LogP contribution in [0.2, 0.25) is 0 Å². The highest BCUT2D eigenvalue weighted by atomic mass is 32.2. The molecule has 0 heterocycles. The summed E-state index contributed by atoms with van der Waals surface area (Å²) in [5.41, 5.74) is 2.36. The SMILES string of the molecule is Cc1ccc(S(=O)(=O)N[C@H](c2cccc(O)c2)[C@H](NS(=O)(=O)c2ccc(C)cc2)c2cccc(O)c2)cc1. The fourth-order valence-electron chi connectivity index (χ4n) is 4.00. The number of aromatic hydroxyl groups is 2. The quantitative estimate of drug-likeness (QED) is 0.242. The van der Waals surface area contributed by atoms with E-state index >= 15 is 0 Å². The molecule has 0 aliphatic carbocycles. The van der Waals surface area contributed by atoms with E-state index < -0.39 is 32.1 Å². The lowest BCUT2D eigenvalue weighted by Gasteiger charge is -2.30. The maximum Gasteiger partial charge on any atom is 0.241 e. The molecule has 0 aliphatic rings. The summed E-state index contributed by atoms with van der Waals surface area (Å²) in [5, 5.41) is 20.4. The van der Waals surface area contributed by atoms with E-state index in [0.717, 1.165) is 11.1 Å². The molecule has 4 aromatic rings. The largest absolute Gasteiger partial charge is 0.508 e. The molecule has 0 aliphatic heterocycles. The minimum Gasteiger partial charge on any atom is -0.508 e. The van der Waals surface area contributed by atoms with Gasteiger partial charge in [0.25, 0.3) is 0 Å². The summed E-state index contributed by atoms with van der Waals surface area (Å²) in [5.74, 6) is -0.254. The highest BCUT2D eigenvalue weighted by Gasteiger charge is 2.34. The Hall–Kier alpha value is -3.70. The monoisotopic (exact) mass is 552 g/mol. The van der Waals surface area contributed by atoms with Crippen molar-refractivity contribution in [2.75, 3.05) is 0 Å². The van der Waals surface area contributed by atoms with Gasteiger partial charge in [0, 0.05) is 0 Å². The van der Waals surface area contributed by atoms with Gasteiger partial charge in [-0.1, -0.05) is 59.7 Å². The third kappa shape index (κ3) is 6.40. The minimum atomic E-state index is -4.16. The smallest absolute Gasteiger partial charge is 0.241 e. The molecule has 0 saturated carbocycles. The normalized spacial score (nSPS) is 13.6. The average Bonchev–Trinajstić information content (AvgIpc) is 2.87. The Morgan fingerprint density at radius 3 is 1.21 bits per heavy atom. The van der Waals surface area contributed by atoms with Gasteiger partial charge in [0.1, 0.15) is 11.5 Å². The van der Waals surface area contributed by atoms with Gasteiger partial charge in [0.05, 0.1) is 21.9 Å². The summed E-state index contributed by atoms with van der Waals surface area (Å²) in [7, 11) is -8.31. The van der Waals surface area contributed by atoms with E-state index in [0.29, 0.717) is 11.1 Å². The third-order valence-electron chi connectivity index (χ3n) is 6.02. The van der Waals surface area contributed by atoms with Crippen LogP contribution in [0.3, 0.4) is 0 Å². The molecule has 38 heavy (non-hydrogen) atoms. The predicted molar refractivity (Wildman–Crippen MR) is 145 cm³/mol. The first-order valence-electron chi connectivity index (χ1n) is 11.7. The molecule has 4 aromatic carbocycles. The van der Waals surface area contributed by atoms with E-state index in [2.05, 4.69) is 9.44 Å². The van der Waals surface area contributed by atoms with Gasteiger partial charge in [-0.2, -0.15) is 0 Å². The van der Waals surface area contributed by atoms with Gasteiger partial charge in [-0.25, -0.2) is 26.3 Å². The molecular weight excluding hydrogens is 524 g/mol. The molecule has 0 spiro atoms. The summed E-state index contributed by atoms with van der Waals surface area (Å²) in [6.45, 7) is 3.66. The van der Waals surface area contributed by atoms with Gasteiger partial charge in [-0.05, 0) is 73.5 Å². The Morgan fingerprint density at radius 2 is 0.895 bits per heavy atom. The van der Waals surface area contributed by atoms with Crippen molar-refractivity contribution in [3.8, 4) is 11.5 Å². The lowest BCUT2D eigenvalue weighted by molar-refractivity contribution is 0.449. The first-order valence-corrected chi connectivity index (χ1v) is 14.7. The molecule has 0 saturated heterocycles. The van der Waals surface area contributed by atoms with E-state index in [4.69, 9.17) is 0 Å². The Labute approximate surface area is 222 Å². The Balaban J connectivity index is 1.86. The molecule has 4 N–H and O–H groups in total. The molecule has 8 nitrogen and oxygen atoms in total. The first kappa shape index (κ1) is 27.3. The van der Waals surface area contributed by atoms with Gasteiger partial charge < -0.3 is 10.2 Å². The van der Waals surface area contributed by atoms with Crippen LogP contribution >= 0.6 is 0 Å². The molecule has 0 amide bonds. The summed E-state index contributed by atoms with van der Waals surface area (Å²) in [6, 6.07) is 21.8. The second kappa shape index (κ2) is 11.0. The van der Waals surface area contributed by atoms with Gasteiger partial charge in [-0.3, -0.25) is 0 Å². The van der Waals surface area contributed by atoms with Crippen molar-refractivity contribution >= 4 is 20.0 Å². The van der Waals surface area contributed by atoms with Crippen molar-refractivity contribution in [2.45, 2.75) is 35.7 Å². The van der Waals surface area contributed by atoms with Crippen molar-refractivity contribution in [1.29, 1.82) is 0 Å². The maximum atomic E-state index is 13.5. The fraction of sp³-hybridized carbons (Fsp3) is 0.143. The van der Waals surface area contributed by atoms with Crippen molar-refractivity contribution in [3.05, 3.63) is 119 Å². The summed E-state index contributed by atoms with van der Waals surface area (Å²) in [4.78, 5) is -0.0198. The summed E-state index contributed by atoms with van der Waals surface area (Å²) < 4.78 is 59.2. The van der Waals surface area contributed by atoms with E-state index in [1.165, 1.54) is 60.7 Å². The molecular formula is C28H28N2O6S2. The van der Waals surface area contributed by atoms with Gasteiger partial charge in [0.15, 0.2) is 0 Å². The van der Waals surface area contributed by atoms with Crippen LogP contribution in [0.1, 0.15) is 34.3 Å². The van der Waals surface area contributed by atoms with Crippen LogP contribution in [-0.4, -0.2) is 27.0 Å². The van der Waals surface area contributed by atoms with Gasteiger partial charge in [-0.15, -0.1) is 0 Å². The Kier molecular flexibility index (Phi) is 7.89. The maximum absolute atomic E-state index is 13.5. The summed E-state index contributed by atoms with van der Waals surface area (Å²) >= 11 is 0. The number of hydrogen-bond acceptors (Lipinski definition) is 6. The van der Waals surface area contributed by atoms with Gasteiger partial charge >= 0.3 is 0 Å². The van der Waals surface area contributed by atoms with Crippen LogP contribution in [-0.2, 0) is 20.0 Å². The van der Waals surface area contributed by atoms with E-state index in [1.54, 1.807) is 36.4 Å². The van der Waals surface area contributed by atoms with Crippen LogP contribution in [0, 0.1) is 13.8 Å². The zero-order valence-corrected chi connectivity index (χ0v) is 22.4. The molecule has 0 radical (unpaired) electrons. The number of rotatable bonds is 9. The molecule has 2 atom stereocenters. The van der Waals surface area contributed by atoms with Gasteiger partial charge in [0.2, 0.25) is 20.0 Å². The molecule has 0 aromatic heterocycles. The number of nitrogens with one attached hydrogen (secondary N) is 2. The number of phenols is 2. The van der Waals surface area contributed by atoms with Crippen LogP contribution < -0.4 is 9.44 Å². The molecule has 0 bridgehead atoms. The molecule has 4 rings (SSSR count). The van der Waals surface area contributed by atoms with E-state index in [9.17, 15) is 27.0 Å². The Morgan fingerprint density at radius 1 is 0.553 bits per heavy atom. The predicted octanol–water partition coefficient (Wildman–Crippen LogP) is 4.45. The number of hydrogen-bond donors (Lipinski definition) is 4. The fourth-order valence-corrected chi connectivity index (χ4v) is 6.47. The second-order valence-electron chi connectivity index (χ2n) is 9.01. The molecule has 198 valence electrons. The van der Waals surface area contributed by atoms with Crippen molar-refractivity contribution in [2.24, 2.45) is 0 Å². The number of benzene rings is 4. The zero-order valence-electron chi connectivity index (χ0n) is 20.7. The highest BCUT2D eigenvalue weighted by molar-refractivity contribution is 7.90. The molecule has 0 fully saturated rings. The average molecular weight is 553 g/mol. The second-order valence-corrected chi connectivity index (χ2v) is 12.4. The minimum absolute atomic E-state index is 0.00990. The van der Waals surface area contributed by atoms with Crippen LogP contribution in [0.25, 0.3) is 0 Å². The topological polar surface area (TPSA) is 133 Å². The van der Waals surface area contributed by atoms with E-state index in [1.807, 2.05) is 13.8 Å². The number of sulfonamides is 2. The number of phenolic OH excluding ortho intramolecular Hbond substituents is 2. The summed E-state index contributed by atoms with van der Waals surface area (Å²) in [6.07, 6.45) is 0. The molecule has 0 unspecified atom stereocenters. The highest BCUT2D eigenvalue weighted by Crippen LogP contribution is 2.34. The lowest BCUT2D eigenvalue weighted by atomic mass is 9.94. The third-order valence-corrected chi connectivity index (χ3v) is 8.93. The van der Waals surface area contributed by atoms with E-state index in [-0.39, 0.29) is 21.3 Å². The molecule has 10 heteroatoms. The Bertz CT molecular complexity index is 1510. The van der Waals surface area contributed by atoms with Crippen LogP contribution in [0.4, 0.5) is 0 Å². The van der Waals surface area contributed by atoms with Crippen molar-refractivity contribution in [1.82, 2.24) is 9.44 Å². The lowest BCUT2D eigenvalue weighted by Crippen LogP contribution is -2.40. The van der Waals surface area contributed by atoms with Crippen LogP contribution in [0.5, 0.6) is 11.5 Å².